The fourth-order valence-corrected chi connectivity index (χ4v) is 4.85. The largest absolute Gasteiger partial charge is 0.369 e. The minimum Gasteiger partial charge on any atom is -0.369 e. The van der Waals surface area contributed by atoms with Gasteiger partial charge in [-0.05, 0) is 72.0 Å². The molecule has 1 N–H and O–H groups in total. The first-order valence-corrected chi connectivity index (χ1v) is 13.1. The number of pyridine rings is 1. The maximum Gasteiger partial charge on any atom is 0.278 e. The van der Waals surface area contributed by atoms with Crippen LogP contribution in [0.5, 0.6) is 0 Å². The van der Waals surface area contributed by atoms with Crippen molar-refractivity contribution in [2.45, 2.75) is 46.2 Å². The lowest BCUT2D eigenvalue weighted by Gasteiger charge is -2.34. The topological polar surface area (TPSA) is 93.2 Å². The highest BCUT2D eigenvalue weighted by Gasteiger charge is 2.22. The predicted molar refractivity (Wildman–Crippen MR) is 152 cm³/mol. The zero-order valence-electron chi connectivity index (χ0n) is 23.0. The van der Waals surface area contributed by atoms with Crippen LogP contribution in [0.15, 0.2) is 58.4 Å². The maximum atomic E-state index is 13.4. The van der Waals surface area contributed by atoms with Crippen molar-refractivity contribution in [3.63, 3.8) is 0 Å². The predicted octanol–water partition coefficient (Wildman–Crippen LogP) is 3.58. The molecule has 1 aliphatic heterocycles. The summed E-state index contributed by atoms with van der Waals surface area (Å²) >= 11 is 0. The number of likely N-dealkylation sites (N-methyl/N-ethyl adjacent to an activating group) is 1. The number of fused-ring (bicyclic) bond motifs is 1. The van der Waals surface area contributed by atoms with Crippen molar-refractivity contribution in [2.75, 3.05) is 43.4 Å². The maximum absolute atomic E-state index is 13.4. The normalized spacial score (nSPS) is 15.0. The fourth-order valence-electron chi connectivity index (χ4n) is 4.85. The van der Waals surface area contributed by atoms with Crippen LogP contribution in [0.3, 0.4) is 0 Å². The highest BCUT2D eigenvalue weighted by molar-refractivity contribution is 5.77. The number of aromatic nitrogens is 5. The van der Waals surface area contributed by atoms with Crippen molar-refractivity contribution in [3.8, 4) is 5.69 Å². The Balaban J connectivity index is 1.53. The third-order valence-electron chi connectivity index (χ3n) is 6.97. The summed E-state index contributed by atoms with van der Waals surface area (Å²) in [5.74, 6) is 0.392. The molecule has 4 heterocycles. The first-order valence-electron chi connectivity index (χ1n) is 13.1. The second kappa shape index (κ2) is 9.75. The molecule has 0 radical (unpaired) electrons. The van der Waals surface area contributed by atoms with E-state index in [0.717, 1.165) is 31.9 Å². The molecule has 0 amide bonds. The van der Waals surface area contributed by atoms with Crippen molar-refractivity contribution in [1.82, 2.24) is 28.8 Å². The summed E-state index contributed by atoms with van der Waals surface area (Å²) < 4.78 is 5.11. The van der Waals surface area contributed by atoms with Crippen molar-refractivity contribution in [2.24, 2.45) is 0 Å². The molecule has 1 saturated heterocycles. The molecule has 200 valence electrons. The lowest BCUT2D eigenvalue weighted by Crippen LogP contribution is -2.44. The van der Waals surface area contributed by atoms with Gasteiger partial charge in [-0.15, -0.1) is 0 Å². The Hall–Kier alpha value is -3.92. The van der Waals surface area contributed by atoms with Gasteiger partial charge in [0.15, 0.2) is 5.65 Å². The monoisotopic (exact) mass is 516 g/mol. The fraction of sp³-hybridized carbons (Fsp3) is 0.429. The molecular formula is C28H36N8O2. The lowest BCUT2D eigenvalue weighted by molar-refractivity contribution is 0.313. The van der Waals surface area contributed by atoms with Crippen LogP contribution in [-0.4, -0.2) is 62.0 Å². The molecule has 1 fully saturated rings. The van der Waals surface area contributed by atoms with E-state index in [1.807, 2.05) is 46.8 Å². The summed E-state index contributed by atoms with van der Waals surface area (Å²) in [6, 6.07) is 11.4. The quantitative estimate of drug-likeness (QED) is 0.433. The molecule has 1 aromatic carbocycles. The van der Waals surface area contributed by atoms with Gasteiger partial charge in [0, 0.05) is 67.6 Å². The first kappa shape index (κ1) is 25.7. The van der Waals surface area contributed by atoms with Gasteiger partial charge in [0.2, 0.25) is 5.95 Å². The summed E-state index contributed by atoms with van der Waals surface area (Å²) in [6.07, 6.45) is 3.35. The van der Waals surface area contributed by atoms with Crippen LogP contribution in [0.2, 0.25) is 0 Å². The highest BCUT2D eigenvalue weighted by Crippen LogP contribution is 2.24. The van der Waals surface area contributed by atoms with Crippen LogP contribution >= 0.6 is 0 Å². The summed E-state index contributed by atoms with van der Waals surface area (Å²) in [5, 5.41) is 3.71. The smallest absolute Gasteiger partial charge is 0.278 e. The Morgan fingerprint density at radius 2 is 1.58 bits per heavy atom. The third kappa shape index (κ3) is 4.83. The van der Waals surface area contributed by atoms with Gasteiger partial charge in [0.05, 0.1) is 5.69 Å². The van der Waals surface area contributed by atoms with E-state index in [1.54, 1.807) is 32.4 Å². The van der Waals surface area contributed by atoms with Crippen molar-refractivity contribution in [1.29, 1.82) is 0 Å². The second-order valence-electron chi connectivity index (χ2n) is 11.2. The van der Waals surface area contributed by atoms with Gasteiger partial charge in [-0.1, -0.05) is 0 Å². The number of hydrogen-bond donors (Lipinski definition) is 1. The molecule has 5 rings (SSSR count). The van der Waals surface area contributed by atoms with E-state index in [1.165, 1.54) is 11.8 Å². The van der Waals surface area contributed by atoms with Gasteiger partial charge in [0.25, 0.3) is 11.1 Å². The summed E-state index contributed by atoms with van der Waals surface area (Å²) in [4.78, 5) is 39.9. The third-order valence-corrected chi connectivity index (χ3v) is 6.97. The van der Waals surface area contributed by atoms with E-state index in [2.05, 4.69) is 39.3 Å². The van der Waals surface area contributed by atoms with Gasteiger partial charge in [-0.3, -0.25) is 9.59 Å². The molecule has 0 saturated carbocycles. The highest BCUT2D eigenvalue weighted by atomic mass is 16.1. The van der Waals surface area contributed by atoms with Gasteiger partial charge >= 0.3 is 0 Å². The molecule has 10 heteroatoms. The van der Waals surface area contributed by atoms with Crippen LogP contribution in [0.1, 0.15) is 40.7 Å². The zero-order chi connectivity index (χ0) is 27.2. The minimum absolute atomic E-state index is 0.104. The molecular weight excluding hydrogens is 480 g/mol. The van der Waals surface area contributed by atoms with Crippen LogP contribution < -0.4 is 21.3 Å². The number of benzene rings is 1. The molecule has 0 atom stereocenters. The standard InChI is InChI=1S/C28H36N8O2/c1-19(2)35-26(38)23-17-29-27(30-20-7-9-21(10-8-20)33-15-13-32(6)14-16-33)31-25(23)36(35)22-11-12-24(37)34(18-22)28(3,4)5/h7-12,17-19H,13-16H2,1-6H3,(H,29,30,31). The number of piperazine rings is 1. The molecule has 0 spiro atoms. The molecule has 0 bridgehead atoms. The number of rotatable bonds is 5. The van der Waals surface area contributed by atoms with E-state index in [0.29, 0.717) is 22.7 Å². The molecule has 38 heavy (non-hydrogen) atoms. The molecule has 0 unspecified atom stereocenters. The van der Waals surface area contributed by atoms with Gasteiger partial charge in [0.1, 0.15) is 5.39 Å². The second-order valence-corrected chi connectivity index (χ2v) is 11.2. The molecule has 10 nitrogen and oxygen atoms in total. The summed E-state index contributed by atoms with van der Waals surface area (Å²) in [5.41, 5.74) is 2.52. The zero-order valence-corrected chi connectivity index (χ0v) is 23.0. The van der Waals surface area contributed by atoms with Crippen LogP contribution in [-0.2, 0) is 5.54 Å². The van der Waals surface area contributed by atoms with Gasteiger partial charge < -0.3 is 19.7 Å². The van der Waals surface area contributed by atoms with Crippen LogP contribution in [0.4, 0.5) is 17.3 Å². The Morgan fingerprint density at radius 3 is 2.21 bits per heavy atom. The number of nitrogens with one attached hydrogen (secondary N) is 1. The number of anilines is 3. The first-order chi connectivity index (χ1) is 18.0. The Morgan fingerprint density at radius 1 is 0.921 bits per heavy atom. The molecule has 1 aliphatic rings. The van der Waals surface area contributed by atoms with Crippen molar-refractivity contribution < 1.29 is 0 Å². The molecule has 0 aliphatic carbocycles. The summed E-state index contributed by atoms with van der Waals surface area (Å²) in [7, 11) is 2.15. The van der Waals surface area contributed by atoms with Gasteiger partial charge in [-0.25, -0.2) is 14.3 Å². The Kier molecular flexibility index (Phi) is 6.60. The average molecular weight is 517 g/mol. The Bertz CT molecular complexity index is 1570. The van der Waals surface area contributed by atoms with E-state index < -0.39 is 5.54 Å². The SMILES string of the molecule is CC(C)n1c(=O)c2cnc(Nc3ccc(N4CCN(C)CC4)cc3)nc2n1-c1ccc(=O)n(C(C)(C)C)c1. The summed E-state index contributed by atoms with van der Waals surface area (Å²) in [6.45, 7) is 13.9. The molecule has 3 aromatic heterocycles. The van der Waals surface area contributed by atoms with E-state index in [-0.39, 0.29) is 17.2 Å². The van der Waals surface area contributed by atoms with Crippen molar-refractivity contribution >= 4 is 28.4 Å². The van der Waals surface area contributed by atoms with Gasteiger partial charge in [-0.2, -0.15) is 4.98 Å². The van der Waals surface area contributed by atoms with E-state index in [9.17, 15) is 9.59 Å². The van der Waals surface area contributed by atoms with Crippen LogP contribution in [0.25, 0.3) is 16.7 Å². The number of hydrogen-bond acceptors (Lipinski definition) is 7. The van der Waals surface area contributed by atoms with Crippen LogP contribution in [0, 0.1) is 0 Å². The lowest BCUT2D eigenvalue weighted by atomic mass is 10.1. The Labute approximate surface area is 222 Å². The average Bonchev–Trinajstić information content (AvgIpc) is 3.16. The van der Waals surface area contributed by atoms with E-state index in [4.69, 9.17) is 4.98 Å². The number of nitrogens with zero attached hydrogens (tertiary/aromatic N) is 7. The van der Waals surface area contributed by atoms with E-state index >= 15 is 0 Å². The molecule has 4 aromatic rings. The van der Waals surface area contributed by atoms with Crippen molar-refractivity contribution in [3.05, 3.63) is 69.5 Å². The minimum atomic E-state index is -0.420.